The van der Waals surface area contributed by atoms with Crippen LogP contribution in [0.25, 0.3) is 0 Å². The largest absolute Gasteiger partial charge is 0.465 e. The molecular weight excluding hydrogens is 465 g/mol. The maximum Gasteiger partial charge on any atom is 0.407 e. The lowest BCUT2D eigenvalue weighted by atomic mass is 9.90. The number of benzene rings is 1. The molecule has 10 heteroatoms. The van der Waals surface area contributed by atoms with Crippen LogP contribution in [-0.2, 0) is 9.47 Å². The molecule has 0 bridgehead atoms. The van der Waals surface area contributed by atoms with Gasteiger partial charge in [0.25, 0.3) is 0 Å². The number of carbonyl (C=O) groups is 2. The molecule has 1 saturated carbocycles. The zero-order chi connectivity index (χ0) is 26.5. The smallest absolute Gasteiger partial charge is 0.407 e. The molecule has 1 aromatic carbocycles. The number of ether oxygens (including phenoxy) is 2. The molecule has 0 aliphatic heterocycles. The Bertz CT molecular complexity index is 1170. The van der Waals surface area contributed by atoms with Gasteiger partial charge in [-0.05, 0) is 70.4 Å². The summed E-state index contributed by atoms with van der Waals surface area (Å²) in [6.45, 7) is 7.03. The highest BCUT2D eigenvalue weighted by molar-refractivity contribution is 5.98. The van der Waals surface area contributed by atoms with Crippen molar-refractivity contribution in [1.82, 2.24) is 10.3 Å². The summed E-state index contributed by atoms with van der Waals surface area (Å²) in [6, 6.07) is 7.52. The Kier molecular flexibility index (Phi) is 8.35. The number of esters is 1. The van der Waals surface area contributed by atoms with E-state index in [4.69, 9.17) is 9.47 Å². The minimum absolute atomic E-state index is 0.0281. The second kappa shape index (κ2) is 11.2. The Morgan fingerprint density at radius 3 is 2.47 bits per heavy atom. The predicted molar refractivity (Wildman–Crippen MR) is 134 cm³/mol. The van der Waals surface area contributed by atoms with Crippen LogP contribution >= 0.6 is 0 Å². The number of anilines is 3. The van der Waals surface area contributed by atoms with E-state index < -0.39 is 17.7 Å². The summed E-state index contributed by atoms with van der Waals surface area (Å²) in [5.74, 6) is -0.643. The molecule has 1 amide bonds. The zero-order valence-electron chi connectivity index (χ0n) is 21.2. The molecule has 2 aromatic rings. The Hall–Kier alpha value is -3.87. The highest BCUT2D eigenvalue weighted by Gasteiger charge is 2.29. The standard InChI is InChI=1S/C26H32FN5O4/c1-15-12-17(10-11-18(15)27)29-23-22(24(33)35-5)16(14-28)13-21(32-23)30-19-8-6-7-9-20(19)31-25(34)36-26(2,3)4/h10-13,19-20H,6-9H2,1-5H3,(H,31,34)(H2,29,30,32). The molecule has 0 saturated heterocycles. The number of methoxy groups -OCH3 is 1. The molecule has 1 aromatic heterocycles. The quantitative estimate of drug-likeness (QED) is 0.466. The monoisotopic (exact) mass is 497 g/mol. The fraction of sp³-hybridized carbons (Fsp3) is 0.462. The Labute approximate surface area is 210 Å². The van der Waals surface area contributed by atoms with Gasteiger partial charge < -0.3 is 25.4 Å². The second-order valence-corrected chi connectivity index (χ2v) is 9.76. The van der Waals surface area contributed by atoms with Gasteiger partial charge in [0.2, 0.25) is 0 Å². The van der Waals surface area contributed by atoms with Gasteiger partial charge in [0, 0.05) is 11.7 Å². The van der Waals surface area contributed by atoms with Crippen molar-refractivity contribution >= 4 is 29.4 Å². The highest BCUT2D eigenvalue weighted by Crippen LogP contribution is 2.29. The van der Waals surface area contributed by atoms with Gasteiger partial charge in [0.15, 0.2) is 0 Å². The molecule has 1 aliphatic carbocycles. The first kappa shape index (κ1) is 26.7. The van der Waals surface area contributed by atoms with Crippen molar-refractivity contribution in [3.05, 3.63) is 46.8 Å². The molecule has 2 unspecified atom stereocenters. The predicted octanol–water partition coefficient (Wildman–Crippen LogP) is 5.18. The average Bonchev–Trinajstić information content (AvgIpc) is 2.80. The van der Waals surface area contributed by atoms with E-state index in [1.165, 1.54) is 25.3 Å². The first-order valence-corrected chi connectivity index (χ1v) is 11.8. The van der Waals surface area contributed by atoms with E-state index in [0.717, 1.165) is 25.7 Å². The summed E-state index contributed by atoms with van der Waals surface area (Å²) in [4.78, 5) is 29.5. The van der Waals surface area contributed by atoms with E-state index in [2.05, 4.69) is 20.9 Å². The van der Waals surface area contributed by atoms with Crippen molar-refractivity contribution in [1.29, 1.82) is 5.26 Å². The summed E-state index contributed by atoms with van der Waals surface area (Å²) in [6.07, 6.45) is 2.93. The van der Waals surface area contributed by atoms with Crippen molar-refractivity contribution in [3.8, 4) is 6.07 Å². The number of aryl methyl sites for hydroxylation is 1. The summed E-state index contributed by atoms with van der Waals surface area (Å²) in [5, 5.41) is 19.1. The number of nitriles is 1. The number of pyridine rings is 1. The third kappa shape index (κ3) is 6.84. The molecule has 36 heavy (non-hydrogen) atoms. The van der Waals surface area contributed by atoms with Crippen molar-refractivity contribution in [2.24, 2.45) is 0 Å². The van der Waals surface area contributed by atoms with Crippen LogP contribution in [0.4, 0.5) is 26.5 Å². The Balaban J connectivity index is 1.92. The van der Waals surface area contributed by atoms with E-state index in [9.17, 15) is 19.2 Å². The molecule has 3 N–H and O–H groups in total. The first-order valence-electron chi connectivity index (χ1n) is 11.8. The van der Waals surface area contributed by atoms with E-state index in [0.29, 0.717) is 17.1 Å². The van der Waals surface area contributed by atoms with Gasteiger partial charge in [-0.15, -0.1) is 0 Å². The average molecular weight is 498 g/mol. The second-order valence-electron chi connectivity index (χ2n) is 9.76. The maximum atomic E-state index is 13.8. The van der Waals surface area contributed by atoms with Gasteiger partial charge in [-0.2, -0.15) is 5.26 Å². The lowest BCUT2D eigenvalue weighted by Crippen LogP contribution is -2.49. The number of nitrogens with one attached hydrogen (secondary N) is 3. The van der Waals surface area contributed by atoms with Crippen molar-refractivity contribution < 1.29 is 23.5 Å². The number of carbonyl (C=O) groups excluding carboxylic acids is 2. The van der Waals surface area contributed by atoms with Crippen LogP contribution in [-0.4, -0.2) is 41.8 Å². The van der Waals surface area contributed by atoms with Gasteiger partial charge in [-0.25, -0.2) is 19.0 Å². The molecule has 2 atom stereocenters. The van der Waals surface area contributed by atoms with Crippen LogP contribution < -0.4 is 16.0 Å². The minimum Gasteiger partial charge on any atom is -0.465 e. The number of amides is 1. The third-order valence-electron chi connectivity index (χ3n) is 5.75. The molecule has 0 radical (unpaired) electrons. The zero-order valence-corrected chi connectivity index (χ0v) is 21.2. The number of aromatic nitrogens is 1. The molecule has 0 spiro atoms. The molecule has 1 fully saturated rings. The summed E-state index contributed by atoms with van der Waals surface area (Å²) >= 11 is 0. The van der Waals surface area contributed by atoms with Gasteiger partial charge in [0.1, 0.15) is 34.7 Å². The topological polar surface area (TPSA) is 125 Å². The first-order chi connectivity index (χ1) is 17.0. The highest BCUT2D eigenvalue weighted by atomic mass is 19.1. The van der Waals surface area contributed by atoms with E-state index in [1.54, 1.807) is 33.8 Å². The molecule has 3 rings (SSSR count). The fourth-order valence-corrected chi connectivity index (χ4v) is 4.09. The number of rotatable bonds is 6. The van der Waals surface area contributed by atoms with E-state index in [1.807, 2.05) is 6.07 Å². The summed E-state index contributed by atoms with van der Waals surface area (Å²) < 4.78 is 24.0. The number of hydrogen-bond donors (Lipinski definition) is 3. The Morgan fingerprint density at radius 2 is 1.86 bits per heavy atom. The van der Waals surface area contributed by atoms with Crippen molar-refractivity contribution in [2.75, 3.05) is 17.7 Å². The number of halogens is 1. The molecule has 9 nitrogen and oxygen atoms in total. The summed E-state index contributed by atoms with van der Waals surface area (Å²) in [5.41, 5.74) is 0.323. The molecule has 1 aliphatic rings. The summed E-state index contributed by atoms with van der Waals surface area (Å²) in [7, 11) is 1.22. The fourth-order valence-electron chi connectivity index (χ4n) is 4.09. The van der Waals surface area contributed by atoms with E-state index in [-0.39, 0.29) is 34.8 Å². The van der Waals surface area contributed by atoms with Crippen LogP contribution in [0.15, 0.2) is 24.3 Å². The van der Waals surface area contributed by atoms with Gasteiger partial charge in [-0.1, -0.05) is 12.8 Å². The van der Waals surface area contributed by atoms with Crippen molar-refractivity contribution in [2.45, 2.75) is 71.1 Å². The number of alkyl carbamates (subject to hydrolysis) is 1. The van der Waals surface area contributed by atoms with Crippen LogP contribution in [0, 0.1) is 24.1 Å². The van der Waals surface area contributed by atoms with Gasteiger partial charge in [-0.3, -0.25) is 0 Å². The van der Waals surface area contributed by atoms with Crippen molar-refractivity contribution in [3.63, 3.8) is 0 Å². The SMILES string of the molecule is COC(=O)c1c(C#N)cc(NC2CCCCC2NC(=O)OC(C)(C)C)nc1Nc1ccc(F)c(C)c1. The number of hydrogen-bond acceptors (Lipinski definition) is 8. The van der Waals surface area contributed by atoms with E-state index >= 15 is 0 Å². The van der Waals surface area contributed by atoms with Crippen LogP contribution in [0.5, 0.6) is 0 Å². The third-order valence-corrected chi connectivity index (χ3v) is 5.75. The molecule has 192 valence electrons. The Morgan fingerprint density at radius 1 is 1.17 bits per heavy atom. The lowest BCUT2D eigenvalue weighted by molar-refractivity contribution is 0.0487. The molecular formula is C26H32FN5O4. The lowest BCUT2D eigenvalue weighted by Gasteiger charge is -2.34. The number of nitrogens with zero attached hydrogens (tertiary/aromatic N) is 2. The van der Waals surface area contributed by atoms with Crippen LogP contribution in [0.2, 0.25) is 0 Å². The maximum absolute atomic E-state index is 13.8. The van der Waals surface area contributed by atoms with Gasteiger partial charge in [0.05, 0.1) is 18.7 Å². The minimum atomic E-state index is -0.728. The van der Waals surface area contributed by atoms with Gasteiger partial charge >= 0.3 is 12.1 Å². The van der Waals surface area contributed by atoms with Crippen LogP contribution in [0.3, 0.4) is 0 Å². The normalized spacial score (nSPS) is 17.5. The van der Waals surface area contributed by atoms with Crippen LogP contribution in [0.1, 0.15) is 67.9 Å². The molecule has 1 heterocycles.